The molecule has 0 saturated carbocycles. The van der Waals surface area contributed by atoms with Crippen LogP contribution in [0.3, 0.4) is 0 Å². The normalized spacial score (nSPS) is 10.4. The van der Waals surface area contributed by atoms with Gasteiger partial charge in [0.15, 0.2) is 5.82 Å². The number of nitrogens with zero attached hydrogens (tertiary/aromatic N) is 3. The maximum absolute atomic E-state index is 12.0. The lowest BCUT2D eigenvalue weighted by molar-refractivity contribution is 0.0949. The number of hydrogen-bond acceptors (Lipinski definition) is 4. The molecule has 18 heavy (non-hydrogen) atoms. The van der Waals surface area contributed by atoms with E-state index < -0.39 is 0 Å². The van der Waals surface area contributed by atoms with Crippen LogP contribution in [-0.4, -0.2) is 20.7 Å². The van der Waals surface area contributed by atoms with Crippen LogP contribution in [0.4, 0.5) is 0 Å². The fraction of sp³-hybridized carbons (Fsp3) is 0.182. The molecule has 1 aromatic carbocycles. The molecular weight excluding hydrogens is 316 g/mol. The highest BCUT2D eigenvalue weighted by Gasteiger charge is 2.10. The minimum absolute atomic E-state index is 0.190. The molecule has 0 saturated heterocycles. The number of amides is 1. The van der Waals surface area contributed by atoms with Crippen molar-refractivity contribution in [2.45, 2.75) is 11.4 Å². The van der Waals surface area contributed by atoms with Crippen LogP contribution in [0.25, 0.3) is 0 Å². The topological polar surface area (TPSA) is 59.8 Å². The third-order valence-electron chi connectivity index (χ3n) is 2.25. The van der Waals surface area contributed by atoms with Crippen LogP contribution in [0.1, 0.15) is 16.2 Å². The minimum Gasteiger partial charge on any atom is -0.345 e. The molecule has 0 aliphatic heterocycles. The van der Waals surface area contributed by atoms with E-state index >= 15 is 0 Å². The number of rotatable bonds is 3. The van der Waals surface area contributed by atoms with Crippen LogP contribution < -0.4 is 5.32 Å². The molecule has 5 nitrogen and oxygen atoms in total. The fourth-order valence-corrected chi connectivity index (χ4v) is 2.04. The lowest BCUT2D eigenvalue weighted by Gasteiger charge is -2.05. The Morgan fingerprint density at radius 3 is 3.00 bits per heavy atom. The lowest BCUT2D eigenvalue weighted by Crippen LogP contribution is -2.24. The van der Waals surface area contributed by atoms with Crippen molar-refractivity contribution < 1.29 is 4.79 Å². The van der Waals surface area contributed by atoms with Gasteiger partial charge in [-0.25, -0.2) is 4.98 Å². The molecule has 0 atom stereocenters. The number of nitrogens with one attached hydrogen (secondary N) is 1. The highest BCUT2D eigenvalue weighted by molar-refractivity contribution is 9.10. The van der Waals surface area contributed by atoms with E-state index in [1.807, 2.05) is 6.07 Å². The smallest absolute Gasteiger partial charge is 0.252 e. The SMILES string of the molecule is Cn1cnc(CNC(=O)c2cc(S)ccc2Br)n1. The summed E-state index contributed by atoms with van der Waals surface area (Å²) in [4.78, 5) is 16.7. The number of hydrogen-bond donors (Lipinski definition) is 2. The van der Waals surface area contributed by atoms with Crippen molar-refractivity contribution in [3.8, 4) is 0 Å². The summed E-state index contributed by atoms with van der Waals surface area (Å²) in [5, 5.41) is 6.84. The van der Waals surface area contributed by atoms with E-state index in [0.29, 0.717) is 17.9 Å². The highest BCUT2D eigenvalue weighted by atomic mass is 79.9. The molecule has 0 bridgehead atoms. The van der Waals surface area contributed by atoms with Gasteiger partial charge in [-0.2, -0.15) is 5.10 Å². The van der Waals surface area contributed by atoms with Gasteiger partial charge in [0.1, 0.15) is 6.33 Å². The fourth-order valence-electron chi connectivity index (χ4n) is 1.41. The van der Waals surface area contributed by atoms with Gasteiger partial charge in [-0.3, -0.25) is 9.48 Å². The first-order valence-corrected chi connectivity index (χ1v) is 6.41. The zero-order valence-electron chi connectivity index (χ0n) is 9.59. The Kier molecular flexibility index (Phi) is 4.03. The van der Waals surface area contributed by atoms with Crippen molar-refractivity contribution in [1.82, 2.24) is 20.1 Å². The van der Waals surface area contributed by atoms with E-state index in [4.69, 9.17) is 0 Å². The predicted molar refractivity (Wildman–Crippen MR) is 73.6 cm³/mol. The van der Waals surface area contributed by atoms with Gasteiger partial charge in [0.05, 0.1) is 12.1 Å². The number of carbonyl (C=O) groups is 1. The molecule has 1 heterocycles. The third kappa shape index (κ3) is 3.11. The summed E-state index contributed by atoms with van der Waals surface area (Å²) in [6.07, 6.45) is 1.59. The Hall–Kier alpha value is -1.34. The number of thiol groups is 1. The molecular formula is C11H11BrN4OS. The van der Waals surface area contributed by atoms with E-state index in [1.165, 1.54) is 0 Å². The van der Waals surface area contributed by atoms with Gasteiger partial charge in [0.2, 0.25) is 0 Å². The van der Waals surface area contributed by atoms with Crippen LogP contribution in [0.15, 0.2) is 33.9 Å². The first-order chi connectivity index (χ1) is 8.56. The first-order valence-electron chi connectivity index (χ1n) is 5.17. The molecule has 1 aromatic heterocycles. The van der Waals surface area contributed by atoms with Crippen molar-refractivity contribution >= 4 is 34.5 Å². The molecule has 0 radical (unpaired) electrons. The zero-order chi connectivity index (χ0) is 13.1. The summed E-state index contributed by atoms with van der Waals surface area (Å²) in [7, 11) is 1.78. The Morgan fingerprint density at radius 1 is 1.56 bits per heavy atom. The average molecular weight is 327 g/mol. The molecule has 94 valence electrons. The van der Waals surface area contributed by atoms with Crippen molar-refractivity contribution in [3.05, 3.63) is 40.4 Å². The van der Waals surface area contributed by atoms with Crippen LogP contribution >= 0.6 is 28.6 Å². The maximum Gasteiger partial charge on any atom is 0.252 e. The number of halogens is 1. The monoisotopic (exact) mass is 326 g/mol. The number of carbonyl (C=O) groups excluding carboxylic acids is 1. The summed E-state index contributed by atoms with van der Waals surface area (Å²) in [5.74, 6) is 0.384. The molecule has 0 aliphatic carbocycles. The van der Waals surface area contributed by atoms with Gasteiger partial charge in [0, 0.05) is 16.4 Å². The second kappa shape index (κ2) is 5.53. The van der Waals surface area contributed by atoms with Crippen LogP contribution in [-0.2, 0) is 13.6 Å². The zero-order valence-corrected chi connectivity index (χ0v) is 12.1. The molecule has 2 aromatic rings. The number of aromatic nitrogens is 3. The molecule has 1 N–H and O–H groups in total. The largest absolute Gasteiger partial charge is 0.345 e. The summed E-state index contributed by atoms with van der Waals surface area (Å²) in [6, 6.07) is 5.30. The van der Waals surface area contributed by atoms with E-state index in [0.717, 1.165) is 9.37 Å². The van der Waals surface area contributed by atoms with Gasteiger partial charge in [-0.05, 0) is 34.1 Å². The van der Waals surface area contributed by atoms with Crippen LogP contribution in [0.2, 0.25) is 0 Å². The number of aryl methyl sites for hydroxylation is 1. The van der Waals surface area contributed by atoms with Crippen LogP contribution in [0.5, 0.6) is 0 Å². The van der Waals surface area contributed by atoms with Gasteiger partial charge >= 0.3 is 0 Å². The van der Waals surface area contributed by atoms with E-state index in [2.05, 4.69) is 44.0 Å². The molecule has 2 rings (SSSR count). The van der Waals surface area contributed by atoms with Crippen molar-refractivity contribution in [2.24, 2.45) is 7.05 Å². The Labute approximate surface area is 118 Å². The summed E-state index contributed by atoms with van der Waals surface area (Å²) >= 11 is 7.54. The van der Waals surface area contributed by atoms with Crippen LogP contribution in [0, 0.1) is 0 Å². The first kappa shape index (κ1) is 13.1. The Bertz CT molecular complexity index is 584. The van der Waals surface area contributed by atoms with Gasteiger partial charge in [0.25, 0.3) is 5.91 Å². The van der Waals surface area contributed by atoms with Gasteiger partial charge in [-0.1, -0.05) is 0 Å². The van der Waals surface area contributed by atoms with E-state index in [1.54, 1.807) is 30.2 Å². The van der Waals surface area contributed by atoms with Crippen molar-refractivity contribution in [3.63, 3.8) is 0 Å². The standard InChI is InChI=1S/C11H11BrN4OS/c1-16-6-14-10(15-16)5-13-11(17)8-4-7(18)2-3-9(8)12/h2-4,6,18H,5H2,1H3,(H,13,17). The van der Waals surface area contributed by atoms with Crippen molar-refractivity contribution in [1.29, 1.82) is 0 Å². The third-order valence-corrected chi connectivity index (χ3v) is 3.22. The maximum atomic E-state index is 12.0. The molecule has 0 spiro atoms. The van der Waals surface area contributed by atoms with Gasteiger partial charge in [-0.15, -0.1) is 12.6 Å². The lowest BCUT2D eigenvalue weighted by atomic mass is 10.2. The second-order valence-corrected chi connectivity index (χ2v) is 5.05. The van der Waals surface area contributed by atoms with E-state index in [9.17, 15) is 4.79 Å². The molecule has 7 heteroatoms. The average Bonchev–Trinajstić information content (AvgIpc) is 2.75. The molecule has 1 amide bonds. The van der Waals surface area contributed by atoms with Gasteiger partial charge < -0.3 is 5.32 Å². The summed E-state index contributed by atoms with van der Waals surface area (Å²) < 4.78 is 2.32. The number of benzene rings is 1. The molecule has 0 unspecified atom stereocenters. The second-order valence-electron chi connectivity index (χ2n) is 3.68. The Balaban J connectivity index is 2.05. The summed E-state index contributed by atoms with van der Waals surface area (Å²) in [5.41, 5.74) is 0.540. The highest BCUT2D eigenvalue weighted by Crippen LogP contribution is 2.20. The Morgan fingerprint density at radius 2 is 2.33 bits per heavy atom. The molecule has 0 fully saturated rings. The van der Waals surface area contributed by atoms with E-state index in [-0.39, 0.29) is 5.91 Å². The quantitative estimate of drug-likeness (QED) is 0.845. The van der Waals surface area contributed by atoms with Crippen molar-refractivity contribution in [2.75, 3.05) is 0 Å². The summed E-state index contributed by atoms with van der Waals surface area (Å²) in [6.45, 7) is 0.295. The minimum atomic E-state index is -0.190. The molecule has 0 aliphatic rings. The predicted octanol–water partition coefficient (Wildman–Crippen LogP) is 1.80.